The van der Waals surface area contributed by atoms with Crippen molar-refractivity contribution in [3.63, 3.8) is 0 Å². The lowest BCUT2D eigenvalue weighted by Gasteiger charge is -2.38. The van der Waals surface area contributed by atoms with E-state index >= 15 is 0 Å². The Morgan fingerprint density at radius 1 is 0.862 bits per heavy atom. The fourth-order valence-corrected chi connectivity index (χ4v) is 3.56. The number of hydrogen-bond acceptors (Lipinski definition) is 7. The number of anilines is 1. The molecular formula is C22H21NO6. The van der Waals surface area contributed by atoms with Crippen molar-refractivity contribution in [1.82, 2.24) is 0 Å². The van der Waals surface area contributed by atoms with Gasteiger partial charge in [-0.15, -0.1) is 0 Å². The van der Waals surface area contributed by atoms with Crippen LogP contribution in [0.5, 0.6) is 5.75 Å². The van der Waals surface area contributed by atoms with Gasteiger partial charge in [0.15, 0.2) is 5.78 Å². The van der Waals surface area contributed by atoms with E-state index in [9.17, 15) is 14.4 Å². The summed E-state index contributed by atoms with van der Waals surface area (Å²) in [5.41, 5.74) is -0.886. The Bertz CT molecular complexity index is 977. The maximum absolute atomic E-state index is 13.5. The number of ether oxygens (including phenoxy) is 3. The van der Waals surface area contributed by atoms with E-state index in [4.69, 9.17) is 14.2 Å². The maximum Gasteiger partial charge on any atom is 0.332 e. The molecule has 0 radical (unpaired) electrons. The minimum absolute atomic E-state index is 0.0532. The van der Waals surface area contributed by atoms with Gasteiger partial charge in [-0.25, -0.2) is 0 Å². The standard InChI is InChI=1S/C22H21NO6/c1-23-13-17(19(24)14-9-11-15(27-2)12-10-14)22(20(25)28-3,21(26)29-4)16-7-5-6-8-18(16)23/h5-13H,1-4H3. The normalized spacial score (nSPS) is 14.3. The smallest absolute Gasteiger partial charge is 0.332 e. The average Bonchev–Trinajstić information content (AvgIpc) is 2.77. The van der Waals surface area contributed by atoms with Gasteiger partial charge in [-0.3, -0.25) is 14.4 Å². The van der Waals surface area contributed by atoms with Gasteiger partial charge in [0.2, 0.25) is 5.41 Å². The van der Waals surface area contributed by atoms with Gasteiger partial charge in [-0.1, -0.05) is 18.2 Å². The number of ketones is 1. The quantitative estimate of drug-likeness (QED) is 0.437. The van der Waals surface area contributed by atoms with Gasteiger partial charge in [0, 0.05) is 35.6 Å². The van der Waals surface area contributed by atoms with E-state index in [0.717, 1.165) is 0 Å². The van der Waals surface area contributed by atoms with Crippen molar-refractivity contribution in [2.45, 2.75) is 5.41 Å². The van der Waals surface area contributed by atoms with E-state index in [1.165, 1.54) is 27.5 Å². The Balaban J connectivity index is 2.28. The third-order valence-electron chi connectivity index (χ3n) is 4.99. The first kappa shape index (κ1) is 20.1. The van der Waals surface area contributed by atoms with Crippen LogP contribution in [0.15, 0.2) is 60.3 Å². The number of hydrogen-bond donors (Lipinski definition) is 0. The Morgan fingerprint density at radius 3 is 2.00 bits per heavy atom. The first-order chi connectivity index (χ1) is 13.9. The molecule has 1 aliphatic rings. The highest BCUT2D eigenvalue weighted by Gasteiger charge is 2.58. The van der Waals surface area contributed by atoms with Gasteiger partial charge in [-0.2, -0.15) is 0 Å². The Labute approximate surface area is 168 Å². The number of methoxy groups -OCH3 is 3. The summed E-state index contributed by atoms with van der Waals surface area (Å²) in [6.07, 6.45) is 1.47. The van der Waals surface area contributed by atoms with Crippen LogP contribution >= 0.6 is 0 Å². The highest BCUT2D eigenvalue weighted by atomic mass is 16.5. The molecule has 150 valence electrons. The summed E-state index contributed by atoms with van der Waals surface area (Å²) in [6, 6.07) is 13.2. The lowest BCUT2D eigenvalue weighted by molar-refractivity contribution is -0.159. The molecule has 3 rings (SSSR count). The number of carbonyl (C=O) groups excluding carboxylic acids is 3. The zero-order chi connectivity index (χ0) is 21.2. The van der Waals surface area contributed by atoms with Gasteiger partial charge in [-0.05, 0) is 30.3 Å². The van der Waals surface area contributed by atoms with Crippen LogP contribution in [-0.4, -0.2) is 46.1 Å². The average molecular weight is 395 g/mol. The zero-order valence-electron chi connectivity index (χ0n) is 16.6. The molecule has 0 N–H and O–H groups in total. The lowest BCUT2D eigenvalue weighted by atomic mass is 9.69. The number of carbonyl (C=O) groups is 3. The van der Waals surface area contributed by atoms with Crippen molar-refractivity contribution in [3.05, 3.63) is 71.4 Å². The van der Waals surface area contributed by atoms with Gasteiger partial charge in [0.1, 0.15) is 5.75 Å². The highest BCUT2D eigenvalue weighted by molar-refractivity contribution is 6.24. The molecule has 0 atom stereocenters. The number of para-hydroxylation sites is 1. The summed E-state index contributed by atoms with van der Waals surface area (Å²) >= 11 is 0. The molecule has 7 heteroatoms. The van der Waals surface area contributed by atoms with Crippen molar-refractivity contribution in [2.75, 3.05) is 33.3 Å². The van der Waals surface area contributed by atoms with Gasteiger partial charge in [0.25, 0.3) is 0 Å². The summed E-state index contributed by atoms with van der Waals surface area (Å²) in [5, 5.41) is 0. The predicted molar refractivity (Wildman–Crippen MR) is 106 cm³/mol. The number of esters is 2. The molecule has 1 aliphatic heterocycles. The van der Waals surface area contributed by atoms with Crippen LogP contribution in [0.1, 0.15) is 15.9 Å². The van der Waals surface area contributed by atoms with Gasteiger partial charge in [0.05, 0.1) is 21.3 Å². The number of nitrogens with zero attached hydrogens (tertiary/aromatic N) is 1. The van der Waals surface area contributed by atoms with Crippen molar-refractivity contribution >= 4 is 23.4 Å². The first-order valence-electron chi connectivity index (χ1n) is 8.82. The second kappa shape index (κ2) is 7.79. The third kappa shape index (κ3) is 3.04. The van der Waals surface area contributed by atoms with Crippen molar-refractivity contribution < 1.29 is 28.6 Å². The molecule has 29 heavy (non-hydrogen) atoms. The van der Waals surface area contributed by atoms with E-state index in [2.05, 4.69) is 0 Å². The van der Waals surface area contributed by atoms with E-state index in [1.807, 2.05) is 0 Å². The summed E-state index contributed by atoms with van der Waals surface area (Å²) < 4.78 is 15.1. The van der Waals surface area contributed by atoms with Crippen LogP contribution in [-0.2, 0) is 24.5 Å². The molecule has 0 aliphatic carbocycles. The number of Topliss-reactive ketones (excluding diaryl/α,β-unsaturated/α-hetero) is 1. The molecule has 2 aromatic rings. The molecule has 0 aromatic heterocycles. The Hall–Kier alpha value is -3.61. The van der Waals surface area contributed by atoms with Crippen molar-refractivity contribution in [3.8, 4) is 5.75 Å². The van der Waals surface area contributed by atoms with Crippen molar-refractivity contribution in [1.29, 1.82) is 0 Å². The summed E-state index contributed by atoms with van der Waals surface area (Å²) in [6.45, 7) is 0. The van der Waals surface area contributed by atoms with Gasteiger partial charge >= 0.3 is 11.9 Å². The minimum atomic E-state index is -2.04. The molecule has 7 nitrogen and oxygen atoms in total. The monoisotopic (exact) mass is 395 g/mol. The van der Waals surface area contributed by atoms with Crippen LogP contribution in [0.3, 0.4) is 0 Å². The Kier molecular flexibility index (Phi) is 5.41. The number of rotatable bonds is 5. The molecule has 1 heterocycles. The molecule has 2 aromatic carbocycles. The highest BCUT2D eigenvalue weighted by Crippen LogP contribution is 2.45. The molecule has 0 bridgehead atoms. The molecular weight excluding hydrogens is 374 g/mol. The first-order valence-corrected chi connectivity index (χ1v) is 8.82. The lowest BCUT2D eigenvalue weighted by Crippen LogP contribution is -2.52. The maximum atomic E-state index is 13.5. The SMILES string of the molecule is COC(=O)C1(C(=O)OC)C(C(=O)c2ccc(OC)cc2)=CN(C)c2ccccc21. The Morgan fingerprint density at radius 2 is 1.45 bits per heavy atom. The van der Waals surface area contributed by atoms with E-state index in [-0.39, 0.29) is 5.57 Å². The van der Waals surface area contributed by atoms with Crippen LogP contribution < -0.4 is 9.64 Å². The summed E-state index contributed by atoms with van der Waals surface area (Å²) in [5.74, 6) is -1.70. The molecule has 0 amide bonds. The van der Waals surface area contributed by atoms with Crippen molar-refractivity contribution in [2.24, 2.45) is 0 Å². The molecule has 0 saturated carbocycles. The summed E-state index contributed by atoms with van der Waals surface area (Å²) in [7, 11) is 5.59. The van der Waals surface area contributed by atoms with Crippen LogP contribution in [0.2, 0.25) is 0 Å². The fraction of sp³-hybridized carbons (Fsp3) is 0.227. The van der Waals surface area contributed by atoms with Gasteiger partial charge < -0.3 is 19.1 Å². The summed E-state index contributed by atoms with van der Waals surface area (Å²) in [4.78, 5) is 41.3. The molecule has 0 fully saturated rings. The predicted octanol–water partition coefficient (Wildman–Crippen LogP) is 2.50. The number of benzene rings is 2. The topological polar surface area (TPSA) is 82.1 Å². The van der Waals surface area contributed by atoms with Crippen LogP contribution in [0.4, 0.5) is 5.69 Å². The van der Waals surface area contributed by atoms with E-state index < -0.39 is 23.1 Å². The largest absolute Gasteiger partial charge is 0.497 e. The fourth-order valence-electron chi connectivity index (χ4n) is 3.56. The second-order valence-electron chi connectivity index (χ2n) is 6.46. The molecule has 0 unspecified atom stereocenters. The zero-order valence-corrected chi connectivity index (χ0v) is 16.6. The third-order valence-corrected chi connectivity index (χ3v) is 4.99. The molecule has 0 spiro atoms. The minimum Gasteiger partial charge on any atom is -0.497 e. The van der Waals surface area contributed by atoms with E-state index in [0.29, 0.717) is 22.6 Å². The van der Waals surface area contributed by atoms with Crippen LogP contribution in [0, 0.1) is 0 Å². The van der Waals surface area contributed by atoms with E-state index in [1.54, 1.807) is 60.5 Å². The second-order valence-corrected chi connectivity index (χ2v) is 6.46. The number of fused-ring (bicyclic) bond motifs is 1. The molecule has 0 saturated heterocycles. The van der Waals surface area contributed by atoms with Crippen LogP contribution in [0.25, 0.3) is 0 Å².